The molecular weight excluding hydrogens is 512 g/mol. The van der Waals surface area contributed by atoms with Gasteiger partial charge in [0.25, 0.3) is 0 Å². The molecule has 2 heterocycles. The van der Waals surface area contributed by atoms with Crippen LogP contribution in [0, 0.1) is 0 Å². The Labute approximate surface area is 253 Å². The van der Waals surface area contributed by atoms with Gasteiger partial charge >= 0.3 is 0 Å². The minimum Gasteiger partial charge on any atom is -0.464 e. The molecule has 0 fully saturated rings. The first kappa shape index (κ1) is 16.6. The molecule has 0 aliphatic rings. The first-order chi connectivity index (χ1) is 24.2. The molecule has 0 aliphatic carbocycles. The largest absolute Gasteiger partial charge is 0.464 e. The molecule has 196 valence electrons. The van der Waals surface area contributed by atoms with Crippen LogP contribution in [-0.4, -0.2) is 0 Å². The average molecular weight is 545 g/mol. The Morgan fingerprint density at radius 2 is 0.976 bits per heavy atom. The molecule has 0 saturated heterocycles. The highest BCUT2D eigenvalue weighted by molar-refractivity contribution is 6.22. The predicted octanol–water partition coefficient (Wildman–Crippen LogP) is 11.6. The van der Waals surface area contributed by atoms with Gasteiger partial charge in [0.2, 0.25) is 0 Å². The van der Waals surface area contributed by atoms with Crippen molar-refractivity contribution in [2.45, 2.75) is 0 Å². The number of rotatable bonds is 3. The summed E-state index contributed by atoms with van der Waals surface area (Å²) in [5.74, 6) is 0. The van der Waals surface area contributed by atoms with E-state index in [1.54, 1.807) is 42.7 Å². The van der Waals surface area contributed by atoms with Gasteiger partial charge in [0.1, 0.15) is 16.7 Å². The molecule has 0 amide bonds. The molecule has 7 aromatic carbocycles. The molecule has 0 atom stereocenters. The summed E-state index contributed by atoms with van der Waals surface area (Å²) in [6.45, 7) is 0. The fourth-order valence-corrected chi connectivity index (χ4v) is 6.11. The van der Waals surface area contributed by atoms with E-state index in [0.717, 1.165) is 32.9 Å². The molecule has 0 aliphatic heterocycles. The molecular formula is C40H24O2. The van der Waals surface area contributed by atoms with Crippen LogP contribution in [0.2, 0.25) is 0 Å². The molecule has 0 saturated carbocycles. The van der Waals surface area contributed by atoms with Crippen LogP contribution in [0.1, 0.15) is 11.0 Å². The maximum absolute atomic E-state index is 9.20. The van der Waals surface area contributed by atoms with E-state index in [1.165, 1.54) is 0 Å². The molecule has 2 heteroatoms. The standard InChI is InChI=1S/C40H24O2/c1-2-10-25(11-3-1)39-29-13-4-6-15-31(29)40(32-16-7-5-14-30(32)39)27-19-21-38-34(23-27)33-22-26(18-20-37(33)42-38)35-24-41-36-17-9-8-12-28(35)36/h1-24H/i4D,5D,6D,7D,13D,14D,15D,16D. The Kier molecular flexibility index (Phi) is 3.54. The van der Waals surface area contributed by atoms with Crippen molar-refractivity contribution in [1.82, 2.24) is 0 Å². The zero-order valence-corrected chi connectivity index (χ0v) is 22.1. The lowest BCUT2D eigenvalue weighted by Crippen LogP contribution is -1.90. The highest BCUT2D eigenvalue weighted by atomic mass is 16.3. The lowest BCUT2D eigenvalue weighted by molar-refractivity contribution is 0.617. The van der Waals surface area contributed by atoms with Gasteiger partial charge in [-0.05, 0) is 79.7 Å². The fourth-order valence-electron chi connectivity index (χ4n) is 6.11. The van der Waals surface area contributed by atoms with Crippen molar-refractivity contribution in [2.24, 2.45) is 0 Å². The van der Waals surface area contributed by atoms with E-state index in [0.29, 0.717) is 33.4 Å². The van der Waals surface area contributed by atoms with E-state index in [1.807, 2.05) is 54.6 Å². The first-order valence-corrected chi connectivity index (χ1v) is 13.6. The predicted molar refractivity (Wildman–Crippen MR) is 175 cm³/mol. The molecule has 9 rings (SSSR count). The Hall–Kier alpha value is -5.60. The van der Waals surface area contributed by atoms with Crippen LogP contribution in [0.25, 0.3) is 87.8 Å². The molecule has 42 heavy (non-hydrogen) atoms. The van der Waals surface area contributed by atoms with Crippen molar-refractivity contribution in [1.29, 1.82) is 0 Å². The summed E-state index contributed by atoms with van der Waals surface area (Å²) in [6.07, 6.45) is 1.73. The highest BCUT2D eigenvalue weighted by Crippen LogP contribution is 2.45. The van der Waals surface area contributed by atoms with Crippen LogP contribution >= 0.6 is 0 Å². The fraction of sp³-hybridized carbons (Fsp3) is 0. The maximum Gasteiger partial charge on any atom is 0.135 e. The minimum atomic E-state index is -0.435. The maximum atomic E-state index is 9.20. The van der Waals surface area contributed by atoms with Gasteiger partial charge in [-0.2, -0.15) is 0 Å². The van der Waals surface area contributed by atoms with Crippen LogP contribution in [0.3, 0.4) is 0 Å². The number of para-hydroxylation sites is 1. The number of furan rings is 2. The van der Waals surface area contributed by atoms with Crippen molar-refractivity contribution in [3.8, 4) is 33.4 Å². The topological polar surface area (TPSA) is 26.3 Å². The van der Waals surface area contributed by atoms with Gasteiger partial charge in [-0.1, -0.05) is 109 Å². The second kappa shape index (κ2) is 8.95. The van der Waals surface area contributed by atoms with E-state index in [-0.39, 0.29) is 45.7 Å². The molecule has 2 nitrogen and oxygen atoms in total. The second-order valence-corrected chi connectivity index (χ2v) is 10.3. The van der Waals surface area contributed by atoms with E-state index in [9.17, 15) is 2.74 Å². The summed E-state index contributed by atoms with van der Waals surface area (Å²) >= 11 is 0. The monoisotopic (exact) mass is 544 g/mol. The Morgan fingerprint density at radius 1 is 0.429 bits per heavy atom. The molecule has 0 radical (unpaired) electrons. The Balaban J connectivity index is 1.44. The second-order valence-electron chi connectivity index (χ2n) is 10.3. The van der Waals surface area contributed by atoms with Gasteiger partial charge in [-0.25, -0.2) is 0 Å². The summed E-state index contributed by atoms with van der Waals surface area (Å²) in [4.78, 5) is 0. The van der Waals surface area contributed by atoms with Crippen LogP contribution in [0.15, 0.2) is 154 Å². The normalized spacial score (nSPS) is 14.5. The van der Waals surface area contributed by atoms with Gasteiger partial charge in [0.05, 0.1) is 17.2 Å². The first-order valence-electron chi connectivity index (χ1n) is 17.6. The molecule has 9 aromatic rings. The highest BCUT2D eigenvalue weighted by Gasteiger charge is 2.18. The van der Waals surface area contributed by atoms with Crippen molar-refractivity contribution in [3.63, 3.8) is 0 Å². The smallest absolute Gasteiger partial charge is 0.135 e. The number of hydrogen-bond donors (Lipinski definition) is 0. The van der Waals surface area contributed by atoms with Gasteiger partial charge < -0.3 is 8.83 Å². The van der Waals surface area contributed by atoms with Gasteiger partial charge in [-0.3, -0.25) is 0 Å². The van der Waals surface area contributed by atoms with Crippen LogP contribution in [-0.2, 0) is 0 Å². The van der Waals surface area contributed by atoms with Gasteiger partial charge in [0, 0.05) is 21.7 Å². The van der Waals surface area contributed by atoms with E-state index >= 15 is 0 Å². The molecule has 2 aromatic heterocycles. The average Bonchev–Trinajstić information content (AvgIpc) is 3.74. The molecule has 0 unspecified atom stereocenters. The third-order valence-electron chi connectivity index (χ3n) is 7.99. The van der Waals surface area contributed by atoms with E-state index in [4.69, 9.17) is 17.1 Å². The molecule has 0 bridgehead atoms. The summed E-state index contributed by atoms with van der Waals surface area (Å²) < 4.78 is 83.3. The zero-order valence-electron chi connectivity index (χ0n) is 30.1. The van der Waals surface area contributed by atoms with Gasteiger partial charge in [0.15, 0.2) is 0 Å². The summed E-state index contributed by atoms with van der Waals surface area (Å²) in [5.41, 5.74) is 5.56. The molecule has 0 spiro atoms. The number of hydrogen-bond acceptors (Lipinski definition) is 2. The summed E-state index contributed by atoms with van der Waals surface area (Å²) in [6, 6.07) is 25.2. The van der Waals surface area contributed by atoms with Crippen LogP contribution in [0.5, 0.6) is 0 Å². The van der Waals surface area contributed by atoms with Gasteiger partial charge in [-0.15, -0.1) is 0 Å². The minimum absolute atomic E-state index is 0.171. The summed E-state index contributed by atoms with van der Waals surface area (Å²) in [5, 5.41) is 3.22. The third-order valence-corrected chi connectivity index (χ3v) is 7.99. The van der Waals surface area contributed by atoms with Crippen molar-refractivity contribution in [3.05, 3.63) is 146 Å². The zero-order chi connectivity index (χ0) is 34.6. The number of benzene rings is 7. The van der Waals surface area contributed by atoms with Crippen molar-refractivity contribution in [2.75, 3.05) is 0 Å². The molecule has 0 N–H and O–H groups in total. The van der Waals surface area contributed by atoms with Crippen molar-refractivity contribution >= 4 is 54.5 Å². The van der Waals surface area contributed by atoms with E-state index < -0.39 is 24.2 Å². The Morgan fingerprint density at radius 3 is 1.64 bits per heavy atom. The SMILES string of the molecule is [2H]c1c([2H])c([2H])c2c(-c3ccc4oc5ccc(-c6coc7ccccc67)cc5c4c3)c3c([2H])c([2H])c([2H])c([2H])c3c(-c3ccccc3)c2c1[2H]. The van der Waals surface area contributed by atoms with Crippen molar-refractivity contribution < 1.29 is 19.8 Å². The Bertz CT molecular complexity index is 2830. The number of fused-ring (bicyclic) bond motifs is 6. The lowest BCUT2D eigenvalue weighted by atomic mass is 9.86. The summed E-state index contributed by atoms with van der Waals surface area (Å²) in [7, 11) is 0. The van der Waals surface area contributed by atoms with Crippen LogP contribution < -0.4 is 0 Å². The van der Waals surface area contributed by atoms with Crippen LogP contribution in [0.4, 0.5) is 0 Å². The lowest BCUT2D eigenvalue weighted by Gasteiger charge is -2.17. The third kappa shape index (κ3) is 3.39. The quantitative estimate of drug-likeness (QED) is 0.207. The van der Waals surface area contributed by atoms with E-state index in [2.05, 4.69) is 0 Å².